The first-order valence-electron chi connectivity index (χ1n) is 9.72. The Morgan fingerprint density at radius 2 is 1.75 bits per heavy atom. The Kier molecular flexibility index (Phi) is 5.12. The molecule has 0 saturated heterocycles. The largest absolute Gasteiger partial charge is 0.362 e. The van der Waals surface area contributed by atoms with Crippen LogP contribution in [0.4, 0.5) is 11.4 Å². The van der Waals surface area contributed by atoms with Crippen molar-refractivity contribution in [3.63, 3.8) is 0 Å². The molecule has 0 unspecified atom stereocenters. The number of primary sulfonamides is 1. The molecular weight excluding hydrogens is 374 g/mol. The number of nitrogens with two attached hydrogens (primary N) is 1. The van der Waals surface area contributed by atoms with Crippen LogP contribution in [-0.2, 0) is 27.7 Å². The van der Waals surface area contributed by atoms with Gasteiger partial charge in [0, 0.05) is 24.5 Å². The van der Waals surface area contributed by atoms with E-state index in [1.807, 2.05) is 6.07 Å². The molecule has 2 aliphatic heterocycles. The second-order valence-corrected chi connectivity index (χ2v) is 9.05. The minimum atomic E-state index is -3.74. The highest BCUT2D eigenvalue weighted by atomic mass is 32.2. The number of sulfonamides is 1. The number of aryl methyl sites for hydroxylation is 1. The third-order valence-electron chi connectivity index (χ3n) is 5.61. The van der Waals surface area contributed by atoms with Gasteiger partial charge in [-0.2, -0.15) is 0 Å². The molecule has 2 aromatic rings. The van der Waals surface area contributed by atoms with E-state index in [1.54, 1.807) is 17.0 Å². The minimum absolute atomic E-state index is 0.0393. The molecule has 0 atom stereocenters. The molecule has 2 aliphatic rings. The number of carbonyl (C=O) groups excluding carboxylic acids is 1. The lowest BCUT2D eigenvalue weighted by Crippen LogP contribution is -2.40. The Morgan fingerprint density at radius 3 is 2.57 bits per heavy atom. The highest BCUT2D eigenvalue weighted by molar-refractivity contribution is 7.89. The number of hydrogen-bond acceptors (Lipinski definition) is 4. The Hall–Kier alpha value is -2.38. The predicted octanol–water partition coefficient (Wildman–Crippen LogP) is 2.46. The summed E-state index contributed by atoms with van der Waals surface area (Å²) in [6.45, 7) is 1.76. The van der Waals surface area contributed by atoms with Crippen LogP contribution in [0, 0.1) is 0 Å². The van der Waals surface area contributed by atoms with E-state index in [-0.39, 0.29) is 10.8 Å². The molecule has 7 heteroatoms. The first-order valence-corrected chi connectivity index (χ1v) is 11.3. The molecule has 1 amide bonds. The third-order valence-corrected chi connectivity index (χ3v) is 6.52. The standard InChI is InChI=1S/C21H25N3O3S/c22-28(26,27)18-9-10-20-17(14-18)11-13-24(20)21(25)15-23-12-5-1-2-6-16-7-3-4-8-19(16)23/h3-4,7-10,14H,1-2,5-6,11-13,15H2,(H2,22,26,27). The number of rotatable bonds is 3. The molecule has 0 spiro atoms. The van der Waals surface area contributed by atoms with Gasteiger partial charge in [-0.15, -0.1) is 0 Å². The van der Waals surface area contributed by atoms with Crippen LogP contribution in [0.5, 0.6) is 0 Å². The van der Waals surface area contributed by atoms with E-state index in [0.29, 0.717) is 19.5 Å². The van der Waals surface area contributed by atoms with Gasteiger partial charge in [0.2, 0.25) is 15.9 Å². The summed E-state index contributed by atoms with van der Waals surface area (Å²) in [5.74, 6) is 0.0393. The van der Waals surface area contributed by atoms with Crippen molar-refractivity contribution >= 4 is 27.3 Å². The van der Waals surface area contributed by atoms with Crippen molar-refractivity contribution in [1.82, 2.24) is 0 Å². The van der Waals surface area contributed by atoms with Crippen LogP contribution in [0.3, 0.4) is 0 Å². The molecule has 6 nitrogen and oxygen atoms in total. The van der Waals surface area contributed by atoms with Crippen molar-refractivity contribution in [1.29, 1.82) is 0 Å². The molecule has 2 N–H and O–H groups in total. The van der Waals surface area contributed by atoms with Gasteiger partial charge in [-0.3, -0.25) is 4.79 Å². The van der Waals surface area contributed by atoms with Gasteiger partial charge < -0.3 is 9.80 Å². The number of hydrogen-bond donors (Lipinski definition) is 1. The number of fused-ring (bicyclic) bond motifs is 2. The van der Waals surface area contributed by atoms with E-state index < -0.39 is 10.0 Å². The Morgan fingerprint density at radius 1 is 0.929 bits per heavy atom. The van der Waals surface area contributed by atoms with E-state index in [9.17, 15) is 13.2 Å². The van der Waals surface area contributed by atoms with Gasteiger partial charge in [0.05, 0.1) is 11.4 Å². The maximum atomic E-state index is 13.1. The molecule has 2 aromatic carbocycles. The second-order valence-electron chi connectivity index (χ2n) is 7.49. The first kappa shape index (κ1) is 19.0. The van der Waals surface area contributed by atoms with Gasteiger partial charge in [-0.05, 0) is 61.1 Å². The summed E-state index contributed by atoms with van der Waals surface area (Å²) in [7, 11) is -3.74. The number of amides is 1. The van der Waals surface area contributed by atoms with Crippen LogP contribution in [0.25, 0.3) is 0 Å². The summed E-state index contributed by atoms with van der Waals surface area (Å²) >= 11 is 0. The Labute approximate surface area is 166 Å². The van der Waals surface area contributed by atoms with Crippen LogP contribution >= 0.6 is 0 Å². The second kappa shape index (κ2) is 7.56. The van der Waals surface area contributed by atoms with Gasteiger partial charge in [0.1, 0.15) is 0 Å². The third kappa shape index (κ3) is 3.77. The van der Waals surface area contributed by atoms with Crippen molar-refractivity contribution in [3.8, 4) is 0 Å². The lowest BCUT2D eigenvalue weighted by Gasteiger charge is -2.30. The number of anilines is 2. The number of nitrogens with zero attached hydrogens (tertiary/aromatic N) is 2. The molecule has 0 bridgehead atoms. The zero-order valence-electron chi connectivity index (χ0n) is 15.8. The van der Waals surface area contributed by atoms with Crippen molar-refractivity contribution in [2.75, 3.05) is 29.4 Å². The summed E-state index contributed by atoms with van der Waals surface area (Å²) < 4.78 is 23.2. The minimum Gasteiger partial charge on any atom is -0.362 e. The van der Waals surface area contributed by atoms with Crippen LogP contribution in [0.15, 0.2) is 47.4 Å². The quantitative estimate of drug-likeness (QED) is 0.859. The monoisotopic (exact) mass is 399 g/mol. The zero-order chi connectivity index (χ0) is 19.7. The van der Waals surface area contributed by atoms with Crippen LogP contribution in [-0.4, -0.2) is 34.0 Å². The average molecular weight is 400 g/mol. The number of para-hydroxylation sites is 1. The van der Waals surface area contributed by atoms with Gasteiger partial charge in [-0.25, -0.2) is 13.6 Å². The molecule has 4 rings (SSSR count). The highest BCUT2D eigenvalue weighted by Crippen LogP contribution is 2.31. The van der Waals surface area contributed by atoms with Crippen molar-refractivity contribution in [2.24, 2.45) is 5.14 Å². The molecule has 0 aromatic heterocycles. The molecule has 0 fully saturated rings. The summed E-state index contributed by atoms with van der Waals surface area (Å²) in [5.41, 5.74) is 4.10. The summed E-state index contributed by atoms with van der Waals surface area (Å²) in [6, 6.07) is 13.1. The van der Waals surface area contributed by atoms with Crippen molar-refractivity contribution in [3.05, 3.63) is 53.6 Å². The molecule has 0 saturated carbocycles. The number of benzene rings is 2. The molecule has 0 radical (unpaired) electrons. The molecule has 0 aliphatic carbocycles. The molecule has 148 valence electrons. The van der Waals surface area contributed by atoms with Crippen molar-refractivity contribution < 1.29 is 13.2 Å². The first-order chi connectivity index (χ1) is 13.4. The summed E-state index contributed by atoms with van der Waals surface area (Å²) in [4.78, 5) is 17.2. The lowest BCUT2D eigenvalue weighted by atomic mass is 10.0. The number of carbonyl (C=O) groups is 1. The fourth-order valence-corrected chi connectivity index (χ4v) is 4.74. The molecule has 28 heavy (non-hydrogen) atoms. The van der Waals surface area contributed by atoms with Gasteiger partial charge in [-0.1, -0.05) is 24.6 Å². The summed E-state index contributed by atoms with van der Waals surface area (Å²) in [5, 5.41) is 5.23. The SMILES string of the molecule is NS(=O)(=O)c1ccc2c(c1)CCN2C(=O)CN1CCCCCc2ccccc21. The maximum absolute atomic E-state index is 13.1. The fraction of sp³-hybridized carbons (Fsp3) is 0.381. The Balaban J connectivity index is 1.56. The smallest absolute Gasteiger partial charge is 0.246 e. The zero-order valence-corrected chi connectivity index (χ0v) is 16.6. The normalized spacial score (nSPS) is 16.9. The van der Waals surface area contributed by atoms with E-state index in [2.05, 4.69) is 23.1 Å². The lowest BCUT2D eigenvalue weighted by molar-refractivity contribution is -0.117. The molecular formula is C21H25N3O3S. The van der Waals surface area contributed by atoms with E-state index in [4.69, 9.17) is 5.14 Å². The van der Waals surface area contributed by atoms with Crippen LogP contribution in [0.1, 0.15) is 30.4 Å². The average Bonchev–Trinajstić information content (AvgIpc) is 3.08. The van der Waals surface area contributed by atoms with Crippen LogP contribution in [0.2, 0.25) is 0 Å². The van der Waals surface area contributed by atoms with Crippen LogP contribution < -0.4 is 14.9 Å². The maximum Gasteiger partial charge on any atom is 0.246 e. The molecule has 2 heterocycles. The van der Waals surface area contributed by atoms with Gasteiger partial charge in [0.15, 0.2) is 0 Å². The van der Waals surface area contributed by atoms with Gasteiger partial charge in [0.25, 0.3) is 0 Å². The van der Waals surface area contributed by atoms with E-state index in [0.717, 1.165) is 36.3 Å². The topological polar surface area (TPSA) is 83.7 Å². The fourth-order valence-electron chi connectivity index (χ4n) is 4.17. The predicted molar refractivity (Wildman–Crippen MR) is 110 cm³/mol. The van der Waals surface area contributed by atoms with E-state index in [1.165, 1.54) is 24.5 Å². The Bertz CT molecular complexity index is 1000. The highest BCUT2D eigenvalue weighted by Gasteiger charge is 2.28. The van der Waals surface area contributed by atoms with Crippen molar-refractivity contribution in [2.45, 2.75) is 37.0 Å². The van der Waals surface area contributed by atoms with E-state index >= 15 is 0 Å². The summed E-state index contributed by atoms with van der Waals surface area (Å²) in [6.07, 6.45) is 5.12. The van der Waals surface area contributed by atoms with Gasteiger partial charge >= 0.3 is 0 Å².